The first-order valence-corrected chi connectivity index (χ1v) is 8.43. The molecule has 23 heavy (non-hydrogen) atoms. The summed E-state index contributed by atoms with van der Waals surface area (Å²) >= 11 is 1.69. The number of rotatable bonds is 4. The standard InChI is InChI=1S/C16H17N5OS/c1-3-13(10-17-5-1)22-11-12-9-18-7-8-21(12)16-20-15-14(23-16)4-2-6-19-15/h1-6,10,12,18H,7-9,11H2. The number of thiazole rings is 1. The van der Waals surface area contributed by atoms with Crippen LogP contribution in [0, 0.1) is 0 Å². The lowest BCUT2D eigenvalue weighted by Gasteiger charge is -2.35. The van der Waals surface area contributed by atoms with Gasteiger partial charge in [0.15, 0.2) is 10.8 Å². The van der Waals surface area contributed by atoms with Crippen molar-refractivity contribution in [1.82, 2.24) is 20.3 Å². The van der Waals surface area contributed by atoms with Crippen molar-refractivity contribution >= 4 is 26.8 Å². The van der Waals surface area contributed by atoms with Gasteiger partial charge < -0.3 is 15.0 Å². The Bertz CT molecular complexity index is 745. The molecule has 118 valence electrons. The second-order valence-electron chi connectivity index (χ2n) is 5.37. The Hall–Kier alpha value is -2.25. The zero-order chi connectivity index (χ0) is 15.5. The Morgan fingerprint density at radius 3 is 3.13 bits per heavy atom. The fraction of sp³-hybridized carbons (Fsp3) is 0.312. The van der Waals surface area contributed by atoms with Crippen molar-refractivity contribution in [2.45, 2.75) is 6.04 Å². The molecule has 0 aliphatic carbocycles. The van der Waals surface area contributed by atoms with E-state index in [-0.39, 0.29) is 6.04 Å². The molecule has 0 bridgehead atoms. The van der Waals surface area contributed by atoms with Gasteiger partial charge in [-0.3, -0.25) is 4.98 Å². The normalized spacial score (nSPS) is 18.3. The minimum Gasteiger partial charge on any atom is -0.490 e. The number of ether oxygens (including phenoxy) is 1. The maximum absolute atomic E-state index is 5.89. The predicted octanol–water partition coefficient (Wildman–Crippen LogP) is 1.94. The molecule has 1 unspecified atom stereocenters. The van der Waals surface area contributed by atoms with Crippen molar-refractivity contribution in [1.29, 1.82) is 0 Å². The third kappa shape index (κ3) is 3.11. The summed E-state index contributed by atoms with van der Waals surface area (Å²) in [5, 5.41) is 4.44. The van der Waals surface area contributed by atoms with Gasteiger partial charge in [0.05, 0.1) is 16.9 Å². The molecule has 0 amide bonds. The molecule has 0 spiro atoms. The highest BCUT2D eigenvalue weighted by molar-refractivity contribution is 7.22. The highest BCUT2D eigenvalue weighted by Gasteiger charge is 2.25. The molecule has 1 N–H and O–H groups in total. The van der Waals surface area contributed by atoms with Crippen molar-refractivity contribution in [2.24, 2.45) is 0 Å². The van der Waals surface area contributed by atoms with E-state index in [4.69, 9.17) is 4.74 Å². The van der Waals surface area contributed by atoms with Crippen LogP contribution in [0.5, 0.6) is 5.75 Å². The second kappa shape index (κ2) is 6.47. The quantitative estimate of drug-likeness (QED) is 0.790. The number of anilines is 1. The lowest BCUT2D eigenvalue weighted by atomic mass is 10.2. The molecule has 4 rings (SSSR count). The van der Waals surface area contributed by atoms with E-state index >= 15 is 0 Å². The van der Waals surface area contributed by atoms with Crippen LogP contribution >= 0.6 is 11.3 Å². The van der Waals surface area contributed by atoms with Crippen LogP contribution < -0.4 is 15.0 Å². The van der Waals surface area contributed by atoms with E-state index < -0.39 is 0 Å². The highest BCUT2D eigenvalue weighted by atomic mass is 32.1. The topological polar surface area (TPSA) is 63.2 Å². The van der Waals surface area contributed by atoms with Crippen molar-refractivity contribution in [3.63, 3.8) is 0 Å². The molecule has 6 nitrogen and oxygen atoms in total. The zero-order valence-electron chi connectivity index (χ0n) is 12.6. The maximum atomic E-state index is 5.89. The lowest BCUT2D eigenvalue weighted by Crippen LogP contribution is -2.54. The van der Waals surface area contributed by atoms with Crippen LogP contribution in [0.15, 0.2) is 42.9 Å². The van der Waals surface area contributed by atoms with Crippen LogP contribution in [-0.2, 0) is 0 Å². The van der Waals surface area contributed by atoms with E-state index in [2.05, 4.69) is 31.2 Å². The molecule has 7 heteroatoms. The van der Waals surface area contributed by atoms with E-state index in [0.29, 0.717) is 6.61 Å². The zero-order valence-corrected chi connectivity index (χ0v) is 13.4. The summed E-state index contributed by atoms with van der Waals surface area (Å²) in [5.41, 5.74) is 0.818. The largest absolute Gasteiger partial charge is 0.490 e. The van der Waals surface area contributed by atoms with E-state index in [9.17, 15) is 0 Å². The van der Waals surface area contributed by atoms with E-state index in [1.165, 1.54) is 0 Å². The van der Waals surface area contributed by atoms with Crippen LogP contribution in [0.4, 0.5) is 5.13 Å². The van der Waals surface area contributed by atoms with Crippen molar-refractivity contribution in [2.75, 3.05) is 31.1 Å². The smallest absolute Gasteiger partial charge is 0.188 e. The van der Waals surface area contributed by atoms with Crippen LogP contribution in [0.3, 0.4) is 0 Å². The van der Waals surface area contributed by atoms with Crippen LogP contribution in [0.1, 0.15) is 0 Å². The number of fused-ring (bicyclic) bond motifs is 1. The number of hydrogen-bond acceptors (Lipinski definition) is 7. The van der Waals surface area contributed by atoms with Gasteiger partial charge in [-0.25, -0.2) is 4.98 Å². The lowest BCUT2D eigenvalue weighted by molar-refractivity contribution is 0.266. The van der Waals surface area contributed by atoms with Gasteiger partial charge in [0.2, 0.25) is 0 Å². The molecule has 3 aromatic rings. The van der Waals surface area contributed by atoms with Gasteiger partial charge in [-0.15, -0.1) is 0 Å². The predicted molar refractivity (Wildman–Crippen MR) is 91.2 cm³/mol. The minimum atomic E-state index is 0.240. The first kappa shape index (κ1) is 14.3. The number of nitrogens with zero attached hydrogens (tertiary/aromatic N) is 4. The van der Waals surface area contributed by atoms with Gasteiger partial charge >= 0.3 is 0 Å². The monoisotopic (exact) mass is 327 g/mol. The molecule has 1 aliphatic rings. The second-order valence-corrected chi connectivity index (χ2v) is 6.38. The summed E-state index contributed by atoms with van der Waals surface area (Å²) < 4.78 is 7.01. The molecule has 0 radical (unpaired) electrons. The Morgan fingerprint density at radius 2 is 2.26 bits per heavy atom. The first-order chi connectivity index (χ1) is 11.4. The SMILES string of the molecule is c1cncc(OCC2CNCCN2c2nc3ncccc3s2)c1. The number of piperazine rings is 1. The highest BCUT2D eigenvalue weighted by Crippen LogP contribution is 2.29. The van der Waals surface area contributed by atoms with Gasteiger partial charge in [-0.2, -0.15) is 4.98 Å². The molecular formula is C16H17N5OS. The molecule has 1 saturated heterocycles. The molecule has 0 saturated carbocycles. The average molecular weight is 327 g/mol. The van der Waals surface area contributed by atoms with Crippen LogP contribution in [0.2, 0.25) is 0 Å². The number of aromatic nitrogens is 3. The summed E-state index contributed by atoms with van der Waals surface area (Å²) in [7, 11) is 0. The van der Waals surface area contributed by atoms with Crippen molar-refractivity contribution < 1.29 is 4.74 Å². The Morgan fingerprint density at radius 1 is 1.30 bits per heavy atom. The van der Waals surface area contributed by atoms with Gasteiger partial charge in [-0.05, 0) is 24.3 Å². The summed E-state index contributed by atoms with van der Waals surface area (Å²) in [6.45, 7) is 3.35. The fourth-order valence-corrected chi connectivity index (χ4v) is 3.69. The Labute approximate surface area is 138 Å². The molecule has 1 fully saturated rings. The first-order valence-electron chi connectivity index (χ1n) is 7.62. The molecular weight excluding hydrogens is 310 g/mol. The van der Waals surface area contributed by atoms with Crippen molar-refractivity contribution in [3.8, 4) is 5.75 Å². The van der Waals surface area contributed by atoms with Gasteiger partial charge in [0.1, 0.15) is 12.4 Å². The average Bonchev–Trinajstić information content (AvgIpc) is 3.05. The molecule has 1 atom stereocenters. The molecule has 3 aromatic heterocycles. The third-order valence-corrected chi connectivity index (χ3v) is 4.87. The summed E-state index contributed by atoms with van der Waals surface area (Å²) in [6.07, 6.45) is 5.27. The Balaban J connectivity index is 1.53. The Kier molecular flexibility index (Phi) is 4.04. The summed E-state index contributed by atoms with van der Waals surface area (Å²) in [5.74, 6) is 0.795. The molecule has 0 aromatic carbocycles. The van der Waals surface area contributed by atoms with Gasteiger partial charge in [0, 0.05) is 32.0 Å². The fourth-order valence-electron chi connectivity index (χ4n) is 2.67. The van der Waals surface area contributed by atoms with Crippen LogP contribution in [0.25, 0.3) is 10.3 Å². The number of hydrogen-bond donors (Lipinski definition) is 1. The number of pyridine rings is 2. The minimum absolute atomic E-state index is 0.240. The van der Waals surface area contributed by atoms with Gasteiger partial charge in [-0.1, -0.05) is 11.3 Å². The number of nitrogens with one attached hydrogen (secondary N) is 1. The van der Waals surface area contributed by atoms with Crippen LogP contribution in [-0.4, -0.2) is 47.2 Å². The van der Waals surface area contributed by atoms with E-state index in [1.807, 2.05) is 18.2 Å². The third-order valence-electron chi connectivity index (χ3n) is 3.83. The maximum Gasteiger partial charge on any atom is 0.188 e. The molecule has 1 aliphatic heterocycles. The van der Waals surface area contributed by atoms with E-state index in [0.717, 1.165) is 40.9 Å². The summed E-state index contributed by atoms with van der Waals surface area (Å²) in [6, 6.07) is 8.06. The van der Waals surface area contributed by atoms with Crippen molar-refractivity contribution in [3.05, 3.63) is 42.9 Å². The summed E-state index contributed by atoms with van der Waals surface area (Å²) in [4.78, 5) is 15.4. The van der Waals surface area contributed by atoms with Gasteiger partial charge in [0.25, 0.3) is 0 Å². The van der Waals surface area contributed by atoms with E-state index in [1.54, 1.807) is 29.9 Å². The molecule has 4 heterocycles.